The zero-order valence-corrected chi connectivity index (χ0v) is 9.76. The third-order valence-electron chi connectivity index (χ3n) is 2.57. The van der Waals surface area contributed by atoms with Crippen LogP contribution in [-0.4, -0.2) is 12.3 Å². The molecular weight excluding hydrogens is 224 g/mol. The quantitative estimate of drug-likeness (QED) is 0.384. The van der Waals surface area contributed by atoms with E-state index in [4.69, 9.17) is 5.26 Å². The van der Waals surface area contributed by atoms with Crippen LogP contribution in [0.1, 0.15) is 10.4 Å². The van der Waals surface area contributed by atoms with Gasteiger partial charge in [0.2, 0.25) is 0 Å². The number of ketones is 1. The number of carbonyl (C=O) groups excluding carboxylic acids is 1. The second kappa shape index (κ2) is 5.65. The van der Waals surface area contributed by atoms with Crippen LogP contribution in [0.3, 0.4) is 0 Å². The molecule has 2 aromatic carbocycles. The van der Waals surface area contributed by atoms with E-state index in [0.717, 1.165) is 10.8 Å². The summed E-state index contributed by atoms with van der Waals surface area (Å²) >= 11 is 0. The van der Waals surface area contributed by atoms with Crippen LogP contribution < -0.4 is 5.32 Å². The minimum Gasteiger partial charge on any atom is -0.378 e. The average Bonchev–Trinajstić information content (AvgIpc) is 2.43. The summed E-state index contributed by atoms with van der Waals surface area (Å²) in [4.78, 5) is 11.8. The summed E-state index contributed by atoms with van der Waals surface area (Å²) < 4.78 is 0. The van der Waals surface area contributed by atoms with Gasteiger partial charge in [0.05, 0.1) is 6.07 Å². The first-order chi connectivity index (χ1) is 8.81. The van der Waals surface area contributed by atoms with E-state index in [2.05, 4.69) is 5.32 Å². The zero-order chi connectivity index (χ0) is 12.8. The van der Waals surface area contributed by atoms with Crippen molar-refractivity contribution in [2.75, 3.05) is 6.54 Å². The van der Waals surface area contributed by atoms with Gasteiger partial charge < -0.3 is 5.32 Å². The molecule has 2 rings (SSSR count). The Kier molecular flexibility index (Phi) is 3.72. The van der Waals surface area contributed by atoms with Crippen LogP contribution in [0.15, 0.2) is 54.7 Å². The topological polar surface area (TPSA) is 52.9 Å². The van der Waals surface area contributed by atoms with Crippen molar-refractivity contribution in [2.45, 2.75) is 0 Å². The lowest BCUT2D eigenvalue weighted by molar-refractivity contribution is 0.104. The number of benzene rings is 2. The van der Waals surface area contributed by atoms with Crippen LogP contribution in [0.5, 0.6) is 0 Å². The highest BCUT2D eigenvalue weighted by Gasteiger charge is 2.02. The number of allylic oxidation sites excluding steroid dienone is 1. The molecule has 0 aliphatic rings. The second-order valence-electron chi connectivity index (χ2n) is 3.80. The zero-order valence-electron chi connectivity index (χ0n) is 9.76. The fourth-order valence-corrected chi connectivity index (χ4v) is 1.68. The fourth-order valence-electron chi connectivity index (χ4n) is 1.68. The molecule has 0 saturated carbocycles. The molecule has 88 valence electrons. The average molecular weight is 236 g/mol. The molecule has 0 aliphatic carbocycles. The predicted molar refractivity (Wildman–Crippen MR) is 71.0 cm³/mol. The molecule has 0 atom stereocenters. The third-order valence-corrected chi connectivity index (χ3v) is 2.57. The van der Waals surface area contributed by atoms with Crippen molar-refractivity contribution in [1.82, 2.24) is 5.32 Å². The Bertz CT molecular complexity index is 638. The van der Waals surface area contributed by atoms with E-state index in [0.29, 0.717) is 5.56 Å². The molecule has 0 bridgehead atoms. The maximum Gasteiger partial charge on any atom is 0.187 e. The summed E-state index contributed by atoms with van der Waals surface area (Å²) in [5, 5.41) is 13.2. The highest BCUT2D eigenvalue weighted by molar-refractivity contribution is 6.06. The van der Waals surface area contributed by atoms with Gasteiger partial charge in [-0.1, -0.05) is 36.4 Å². The van der Waals surface area contributed by atoms with Crippen molar-refractivity contribution in [3.63, 3.8) is 0 Å². The lowest BCUT2D eigenvalue weighted by Crippen LogP contribution is -2.05. The first-order valence-electron chi connectivity index (χ1n) is 5.61. The van der Waals surface area contributed by atoms with Crippen molar-refractivity contribution in [3.8, 4) is 6.07 Å². The van der Waals surface area contributed by atoms with Gasteiger partial charge in [0, 0.05) is 17.8 Å². The molecule has 18 heavy (non-hydrogen) atoms. The van der Waals surface area contributed by atoms with Crippen LogP contribution >= 0.6 is 0 Å². The van der Waals surface area contributed by atoms with E-state index in [9.17, 15) is 4.79 Å². The SMILES string of the molecule is N#CCN/C=C\C(=O)c1ccc2ccccc2c1. The van der Waals surface area contributed by atoms with Crippen molar-refractivity contribution in [3.05, 3.63) is 60.3 Å². The number of fused-ring (bicyclic) bond motifs is 1. The molecule has 0 aromatic heterocycles. The molecule has 0 saturated heterocycles. The summed E-state index contributed by atoms with van der Waals surface area (Å²) in [6.45, 7) is 0.196. The van der Waals surface area contributed by atoms with Gasteiger partial charge >= 0.3 is 0 Å². The van der Waals surface area contributed by atoms with Crippen molar-refractivity contribution >= 4 is 16.6 Å². The molecule has 0 amide bonds. The molecule has 0 unspecified atom stereocenters. The van der Waals surface area contributed by atoms with Crippen molar-refractivity contribution in [2.24, 2.45) is 0 Å². The van der Waals surface area contributed by atoms with Gasteiger partial charge in [0.15, 0.2) is 5.78 Å². The van der Waals surface area contributed by atoms with E-state index in [1.54, 1.807) is 6.07 Å². The van der Waals surface area contributed by atoms with Gasteiger partial charge in [-0.05, 0) is 16.8 Å². The van der Waals surface area contributed by atoms with E-state index in [1.807, 2.05) is 42.5 Å². The van der Waals surface area contributed by atoms with Gasteiger partial charge in [0.25, 0.3) is 0 Å². The molecule has 0 radical (unpaired) electrons. The van der Waals surface area contributed by atoms with Crippen molar-refractivity contribution in [1.29, 1.82) is 5.26 Å². The van der Waals surface area contributed by atoms with E-state index >= 15 is 0 Å². The Hall–Kier alpha value is -2.60. The fraction of sp³-hybridized carbons (Fsp3) is 0.0667. The van der Waals surface area contributed by atoms with Crippen LogP contribution in [-0.2, 0) is 0 Å². The standard InChI is InChI=1S/C15H12N2O/c16-8-10-17-9-7-15(18)14-6-5-12-3-1-2-4-13(12)11-14/h1-7,9,11,17H,10H2/b9-7-. The molecule has 2 aromatic rings. The largest absolute Gasteiger partial charge is 0.378 e. The summed E-state index contributed by atoms with van der Waals surface area (Å²) in [7, 11) is 0. The van der Waals surface area contributed by atoms with Crippen LogP contribution in [0.25, 0.3) is 10.8 Å². The minimum absolute atomic E-state index is 0.0776. The van der Waals surface area contributed by atoms with Crippen LogP contribution in [0, 0.1) is 11.3 Å². The lowest BCUT2D eigenvalue weighted by Gasteiger charge is -2.00. The number of nitriles is 1. The number of rotatable bonds is 4. The van der Waals surface area contributed by atoms with Gasteiger partial charge in [-0.15, -0.1) is 0 Å². The molecule has 0 fully saturated rings. The Morgan fingerprint density at radius 3 is 2.78 bits per heavy atom. The molecule has 3 heteroatoms. The van der Waals surface area contributed by atoms with Crippen LogP contribution in [0.2, 0.25) is 0 Å². The molecule has 0 aliphatic heterocycles. The number of hydrogen-bond donors (Lipinski definition) is 1. The normalized spacial score (nSPS) is 10.4. The number of hydrogen-bond acceptors (Lipinski definition) is 3. The number of nitrogens with zero attached hydrogens (tertiary/aromatic N) is 1. The highest BCUT2D eigenvalue weighted by atomic mass is 16.1. The summed E-state index contributed by atoms with van der Waals surface area (Å²) in [6.07, 6.45) is 2.93. The summed E-state index contributed by atoms with van der Waals surface area (Å²) in [6, 6.07) is 15.4. The Morgan fingerprint density at radius 1 is 1.22 bits per heavy atom. The van der Waals surface area contributed by atoms with E-state index < -0.39 is 0 Å². The van der Waals surface area contributed by atoms with E-state index in [1.165, 1.54) is 12.3 Å². The van der Waals surface area contributed by atoms with Gasteiger partial charge in [-0.25, -0.2) is 0 Å². The first-order valence-corrected chi connectivity index (χ1v) is 5.61. The molecule has 1 N–H and O–H groups in total. The number of nitrogens with one attached hydrogen (secondary N) is 1. The lowest BCUT2D eigenvalue weighted by atomic mass is 10.0. The third kappa shape index (κ3) is 2.74. The van der Waals surface area contributed by atoms with Gasteiger partial charge in [-0.3, -0.25) is 4.79 Å². The first kappa shape index (κ1) is 11.9. The Labute approximate surface area is 105 Å². The minimum atomic E-state index is -0.0776. The van der Waals surface area contributed by atoms with Gasteiger partial charge in [-0.2, -0.15) is 5.26 Å². The molecular formula is C15H12N2O. The second-order valence-corrected chi connectivity index (χ2v) is 3.80. The smallest absolute Gasteiger partial charge is 0.187 e. The highest BCUT2D eigenvalue weighted by Crippen LogP contribution is 2.16. The van der Waals surface area contributed by atoms with E-state index in [-0.39, 0.29) is 12.3 Å². The molecule has 0 spiro atoms. The summed E-state index contributed by atoms with van der Waals surface area (Å²) in [5.41, 5.74) is 0.642. The van der Waals surface area contributed by atoms with Crippen molar-refractivity contribution < 1.29 is 4.79 Å². The number of carbonyl (C=O) groups is 1. The maximum absolute atomic E-state index is 11.8. The Balaban J connectivity index is 2.18. The Morgan fingerprint density at radius 2 is 2.00 bits per heavy atom. The molecule has 0 heterocycles. The van der Waals surface area contributed by atoms with Crippen LogP contribution in [0.4, 0.5) is 0 Å². The van der Waals surface area contributed by atoms with Gasteiger partial charge in [0.1, 0.15) is 6.54 Å². The summed E-state index contributed by atoms with van der Waals surface area (Å²) in [5.74, 6) is -0.0776. The monoisotopic (exact) mass is 236 g/mol. The maximum atomic E-state index is 11.8. The molecule has 3 nitrogen and oxygen atoms in total. The predicted octanol–water partition coefficient (Wildman–Crippen LogP) is 2.65.